The molecular formula is C14H18FN3O3. The van der Waals surface area contributed by atoms with E-state index in [1.807, 2.05) is 0 Å². The van der Waals surface area contributed by atoms with Crippen LogP contribution in [-0.2, 0) is 9.53 Å². The number of fused-ring (bicyclic) bond motifs is 1. The summed E-state index contributed by atoms with van der Waals surface area (Å²) in [6.45, 7) is 5.32. The molecule has 1 aliphatic rings. The summed E-state index contributed by atoms with van der Waals surface area (Å²) in [6, 6.07) is 3.58. The van der Waals surface area contributed by atoms with E-state index in [1.165, 1.54) is 12.1 Å². The van der Waals surface area contributed by atoms with Crippen molar-refractivity contribution in [3.63, 3.8) is 0 Å². The lowest BCUT2D eigenvalue weighted by Gasteiger charge is -2.22. The summed E-state index contributed by atoms with van der Waals surface area (Å²) in [4.78, 5) is 23.8. The van der Waals surface area contributed by atoms with E-state index in [0.717, 1.165) is 0 Å². The summed E-state index contributed by atoms with van der Waals surface area (Å²) in [5.41, 5.74) is -0.110. The topological polar surface area (TPSA) is 79.5 Å². The van der Waals surface area contributed by atoms with E-state index >= 15 is 0 Å². The van der Waals surface area contributed by atoms with Crippen molar-refractivity contribution < 1.29 is 18.7 Å². The number of hydrogen-bond donors (Lipinski definition) is 3. The monoisotopic (exact) mass is 295 g/mol. The molecule has 0 fully saturated rings. The Labute approximate surface area is 122 Å². The van der Waals surface area contributed by atoms with Gasteiger partial charge in [-0.05, 0) is 32.9 Å². The van der Waals surface area contributed by atoms with Crippen LogP contribution < -0.4 is 16.0 Å². The molecule has 6 nitrogen and oxygen atoms in total. The molecule has 1 aromatic rings. The molecular weight excluding hydrogens is 277 g/mol. The first-order valence-electron chi connectivity index (χ1n) is 6.59. The standard InChI is InChI=1S/C14H18FN3O3/c1-14(2,3)21-13(20)17-10-7-16-9-6-4-5-8(15)11(9)18-12(10)19/h4-6,10,16H,7H2,1-3H3,(H,17,20)(H,18,19). The van der Waals surface area contributed by atoms with Gasteiger partial charge in [-0.25, -0.2) is 9.18 Å². The Bertz CT molecular complexity index is 569. The number of hydrogen-bond acceptors (Lipinski definition) is 4. The summed E-state index contributed by atoms with van der Waals surface area (Å²) in [5, 5.41) is 7.84. The molecule has 0 aliphatic carbocycles. The van der Waals surface area contributed by atoms with E-state index in [2.05, 4.69) is 16.0 Å². The molecule has 1 heterocycles. The zero-order valence-corrected chi connectivity index (χ0v) is 12.1. The van der Waals surface area contributed by atoms with Gasteiger partial charge in [0.15, 0.2) is 0 Å². The van der Waals surface area contributed by atoms with E-state index in [9.17, 15) is 14.0 Å². The highest BCUT2D eigenvalue weighted by molar-refractivity contribution is 6.00. The lowest BCUT2D eigenvalue weighted by atomic mass is 10.2. The molecule has 0 radical (unpaired) electrons. The lowest BCUT2D eigenvalue weighted by molar-refractivity contribution is -0.117. The largest absolute Gasteiger partial charge is 0.444 e. The second-order valence-electron chi connectivity index (χ2n) is 5.73. The van der Waals surface area contributed by atoms with Crippen molar-refractivity contribution in [2.75, 3.05) is 17.2 Å². The van der Waals surface area contributed by atoms with E-state index in [1.54, 1.807) is 26.8 Å². The minimum absolute atomic E-state index is 0.0796. The number of carbonyl (C=O) groups excluding carboxylic acids is 2. The smallest absolute Gasteiger partial charge is 0.408 e. The van der Waals surface area contributed by atoms with Crippen LogP contribution in [0.25, 0.3) is 0 Å². The molecule has 0 spiro atoms. The number of amides is 2. The van der Waals surface area contributed by atoms with Crippen molar-refractivity contribution in [1.82, 2.24) is 5.32 Å². The second-order valence-corrected chi connectivity index (χ2v) is 5.73. The Hall–Kier alpha value is -2.31. The number of carbonyl (C=O) groups is 2. The summed E-state index contributed by atoms with van der Waals surface area (Å²) in [5.74, 6) is -1.04. The Balaban J connectivity index is 2.07. The van der Waals surface area contributed by atoms with Gasteiger partial charge in [0.25, 0.3) is 0 Å². The fraction of sp³-hybridized carbons (Fsp3) is 0.429. The second kappa shape index (κ2) is 5.59. The van der Waals surface area contributed by atoms with E-state index in [0.29, 0.717) is 5.69 Å². The van der Waals surface area contributed by atoms with Crippen LogP contribution in [0.2, 0.25) is 0 Å². The molecule has 0 bridgehead atoms. The molecule has 3 N–H and O–H groups in total. The van der Waals surface area contributed by atoms with Gasteiger partial charge in [-0.1, -0.05) is 6.07 Å². The molecule has 1 aliphatic heterocycles. The highest BCUT2D eigenvalue weighted by atomic mass is 19.1. The summed E-state index contributed by atoms with van der Waals surface area (Å²) in [7, 11) is 0. The SMILES string of the molecule is CC(C)(C)OC(=O)NC1CNc2cccc(F)c2NC1=O. The first-order chi connectivity index (χ1) is 9.76. The first-order valence-corrected chi connectivity index (χ1v) is 6.59. The predicted octanol–water partition coefficient (Wildman–Crippen LogP) is 2.08. The minimum atomic E-state index is -0.855. The van der Waals surface area contributed by atoms with Crippen LogP contribution in [-0.4, -0.2) is 30.2 Å². The minimum Gasteiger partial charge on any atom is -0.444 e. The Morgan fingerprint density at radius 2 is 2.14 bits per heavy atom. The molecule has 1 unspecified atom stereocenters. The average Bonchev–Trinajstić information content (AvgIpc) is 2.49. The van der Waals surface area contributed by atoms with Gasteiger partial charge < -0.3 is 20.7 Å². The van der Waals surface area contributed by atoms with E-state index in [4.69, 9.17) is 4.74 Å². The third-order valence-electron chi connectivity index (χ3n) is 2.77. The molecule has 21 heavy (non-hydrogen) atoms. The van der Waals surface area contributed by atoms with Gasteiger partial charge in [0.1, 0.15) is 23.1 Å². The van der Waals surface area contributed by atoms with Crippen LogP contribution in [0, 0.1) is 5.82 Å². The van der Waals surface area contributed by atoms with Gasteiger partial charge in [-0.2, -0.15) is 0 Å². The van der Waals surface area contributed by atoms with Crippen LogP contribution in [0.3, 0.4) is 0 Å². The predicted molar refractivity (Wildman–Crippen MR) is 76.7 cm³/mol. The van der Waals surface area contributed by atoms with Gasteiger partial charge >= 0.3 is 6.09 Å². The van der Waals surface area contributed by atoms with Crippen LogP contribution in [0.4, 0.5) is 20.6 Å². The third kappa shape index (κ3) is 3.84. The summed E-state index contributed by atoms with van der Waals surface area (Å²) < 4.78 is 18.8. The van der Waals surface area contributed by atoms with Crippen molar-refractivity contribution in [1.29, 1.82) is 0 Å². The zero-order valence-electron chi connectivity index (χ0n) is 12.1. The number of benzene rings is 1. The number of ether oxygens (including phenoxy) is 1. The average molecular weight is 295 g/mol. The number of anilines is 2. The molecule has 0 aromatic heterocycles. The van der Waals surface area contributed by atoms with Crippen LogP contribution in [0.5, 0.6) is 0 Å². The van der Waals surface area contributed by atoms with Gasteiger partial charge in [-0.15, -0.1) is 0 Å². The molecule has 0 saturated carbocycles. The normalized spacial score (nSPS) is 17.9. The van der Waals surface area contributed by atoms with Gasteiger partial charge in [0.05, 0.1) is 5.69 Å². The maximum atomic E-state index is 13.7. The van der Waals surface area contributed by atoms with Crippen LogP contribution in [0.1, 0.15) is 20.8 Å². The molecule has 7 heteroatoms. The quantitative estimate of drug-likeness (QED) is 0.741. The Kier molecular flexibility index (Phi) is 4.02. The molecule has 2 rings (SSSR count). The number of nitrogens with one attached hydrogen (secondary N) is 3. The van der Waals surface area contributed by atoms with Gasteiger partial charge in [0.2, 0.25) is 5.91 Å². The summed E-state index contributed by atoms with van der Waals surface area (Å²) >= 11 is 0. The van der Waals surface area contributed by atoms with E-state index < -0.39 is 29.5 Å². The van der Waals surface area contributed by atoms with E-state index in [-0.39, 0.29) is 12.2 Å². The maximum absolute atomic E-state index is 13.7. The molecule has 114 valence electrons. The third-order valence-corrected chi connectivity index (χ3v) is 2.77. The number of rotatable bonds is 1. The number of halogens is 1. The van der Waals surface area contributed by atoms with Crippen molar-refractivity contribution in [3.05, 3.63) is 24.0 Å². The fourth-order valence-corrected chi connectivity index (χ4v) is 1.88. The Morgan fingerprint density at radius 3 is 2.81 bits per heavy atom. The number of para-hydroxylation sites is 1. The highest BCUT2D eigenvalue weighted by Crippen LogP contribution is 2.26. The van der Waals surface area contributed by atoms with Crippen molar-refractivity contribution in [2.24, 2.45) is 0 Å². The van der Waals surface area contributed by atoms with Crippen molar-refractivity contribution in [2.45, 2.75) is 32.4 Å². The van der Waals surface area contributed by atoms with Gasteiger partial charge in [-0.3, -0.25) is 4.79 Å². The van der Waals surface area contributed by atoms with Crippen LogP contribution >= 0.6 is 0 Å². The lowest BCUT2D eigenvalue weighted by Crippen LogP contribution is -2.48. The fourth-order valence-electron chi connectivity index (χ4n) is 1.88. The zero-order chi connectivity index (χ0) is 15.6. The van der Waals surface area contributed by atoms with Gasteiger partial charge in [0, 0.05) is 6.54 Å². The number of alkyl carbamates (subject to hydrolysis) is 1. The molecule has 0 saturated heterocycles. The van der Waals surface area contributed by atoms with Crippen molar-refractivity contribution in [3.8, 4) is 0 Å². The molecule has 1 aromatic carbocycles. The Morgan fingerprint density at radius 1 is 1.43 bits per heavy atom. The van der Waals surface area contributed by atoms with Crippen LogP contribution in [0.15, 0.2) is 18.2 Å². The maximum Gasteiger partial charge on any atom is 0.408 e. The molecule has 2 amide bonds. The summed E-state index contributed by atoms with van der Waals surface area (Å²) in [6.07, 6.45) is -0.698. The molecule has 1 atom stereocenters. The highest BCUT2D eigenvalue weighted by Gasteiger charge is 2.28. The first kappa shape index (κ1) is 15.1. The van der Waals surface area contributed by atoms with Crippen molar-refractivity contribution >= 4 is 23.4 Å².